The molecule has 0 radical (unpaired) electrons. The highest BCUT2D eigenvalue weighted by Gasteiger charge is 2.15. The van der Waals surface area contributed by atoms with Gasteiger partial charge in [-0.05, 0) is 45.3 Å². The van der Waals surface area contributed by atoms with Crippen molar-refractivity contribution in [3.8, 4) is 11.3 Å². The maximum absolute atomic E-state index is 12.4. The summed E-state index contributed by atoms with van der Waals surface area (Å²) in [6.45, 7) is 2.07. The number of pyridine rings is 2. The zero-order chi connectivity index (χ0) is 21.9. The number of sulfonamides is 1. The summed E-state index contributed by atoms with van der Waals surface area (Å²) in [5.74, 6) is -0.235. The molecule has 0 saturated heterocycles. The molecular weight excluding hydrogens is 448 g/mol. The molecule has 0 aliphatic heterocycles. The number of carbonyl (C=O) groups excluding carboxylic acids is 1. The monoisotopic (exact) mass is 468 g/mol. The van der Waals surface area contributed by atoms with E-state index in [1.807, 2.05) is 19.0 Å². The number of fused-ring (bicyclic) bond motifs is 1. The molecule has 160 valence electrons. The molecule has 1 amide bonds. The van der Waals surface area contributed by atoms with Gasteiger partial charge in [0, 0.05) is 18.7 Å². The Kier molecular flexibility index (Phi) is 6.86. The third kappa shape index (κ3) is 5.85. The van der Waals surface area contributed by atoms with Gasteiger partial charge in [0.15, 0.2) is 10.3 Å². The van der Waals surface area contributed by atoms with Crippen LogP contribution in [0.25, 0.3) is 21.6 Å². The third-order valence-electron chi connectivity index (χ3n) is 3.96. The maximum Gasteiger partial charge on any atom is 0.232 e. The Hall–Kier alpha value is -2.34. The van der Waals surface area contributed by atoms with Crippen molar-refractivity contribution in [2.24, 2.45) is 0 Å². The largest absolute Gasteiger partial charge is 0.309 e. The summed E-state index contributed by atoms with van der Waals surface area (Å²) in [5.41, 5.74) is 2.03. The maximum atomic E-state index is 12.4. The van der Waals surface area contributed by atoms with Gasteiger partial charge in [0.05, 0.1) is 17.1 Å². The number of hydrogen-bond acceptors (Lipinski definition) is 8. The van der Waals surface area contributed by atoms with Crippen LogP contribution < -0.4 is 10.0 Å². The van der Waals surface area contributed by atoms with E-state index in [1.54, 1.807) is 18.2 Å². The van der Waals surface area contributed by atoms with Crippen molar-refractivity contribution in [1.29, 1.82) is 0 Å². The van der Waals surface area contributed by atoms with Crippen LogP contribution in [0.4, 0.5) is 10.8 Å². The average molecular weight is 469 g/mol. The SMILES string of the molecule is CC(=O)Nc1nc2ccc(-c3cnc(Cl)c(NS(=O)(=O)CCCN(C)C)c3)nc2s1. The summed E-state index contributed by atoms with van der Waals surface area (Å²) in [5, 5.41) is 3.16. The number of amides is 1. The highest BCUT2D eigenvalue weighted by Crippen LogP contribution is 2.30. The number of nitrogens with zero attached hydrogens (tertiary/aromatic N) is 4. The number of halogens is 1. The van der Waals surface area contributed by atoms with E-state index in [0.717, 1.165) is 0 Å². The van der Waals surface area contributed by atoms with Gasteiger partial charge < -0.3 is 10.2 Å². The first-order valence-electron chi connectivity index (χ1n) is 8.99. The second kappa shape index (κ2) is 9.21. The van der Waals surface area contributed by atoms with E-state index in [-0.39, 0.29) is 22.5 Å². The van der Waals surface area contributed by atoms with Crippen LogP contribution >= 0.6 is 22.9 Å². The van der Waals surface area contributed by atoms with Crippen molar-refractivity contribution in [1.82, 2.24) is 19.9 Å². The van der Waals surface area contributed by atoms with Gasteiger partial charge in [0.2, 0.25) is 15.9 Å². The summed E-state index contributed by atoms with van der Waals surface area (Å²) in [7, 11) is 0.206. The van der Waals surface area contributed by atoms with Gasteiger partial charge in [-0.2, -0.15) is 0 Å². The summed E-state index contributed by atoms with van der Waals surface area (Å²) in [6, 6.07) is 5.13. The summed E-state index contributed by atoms with van der Waals surface area (Å²) >= 11 is 7.35. The number of rotatable bonds is 8. The molecule has 3 rings (SSSR count). The van der Waals surface area contributed by atoms with E-state index in [4.69, 9.17) is 11.6 Å². The molecule has 12 heteroatoms. The van der Waals surface area contributed by atoms with Crippen molar-refractivity contribution < 1.29 is 13.2 Å². The number of aromatic nitrogens is 3. The predicted octanol–water partition coefficient (Wildman–Crippen LogP) is 3.06. The third-order valence-corrected chi connectivity index (χ3v) is 6.50. The van der Waals surface area contributed by atoms with Crippen LogP contribution in [0.15, 0.2) is 24.4 Å². The molecule has 30 heavy (non-hydrogen) atoms. The van der Waals surface area contributed by atoms with Crippen molar-refractivity contribution in [2.45, 2.75) is 13.3 Å². The van der Waals surface area contributed by atoms with Gasteiger partial charge in [-0.3, -0.25) is 9.52 Å². The number of carbonyl (C=O) groups is 1. The molecule has 0 aromatic carbocycles. The molecule has 0 spiro atoms. The Balaban J connectivity index is 1.84. The van der Waals surface area contributed by atoms with E-state index in [9.17, 15) is 13.2 Å². The summed E-state index contributed by atoms with van der Waals surface area (Å²) in [6.07, 6.45) is 2.02. The molecule has 0 aliphatic rings. The number of anilines is 2. The quantitative estimate of drug-likeness (QED) is 0.488. The smallest absolute Gasteiger partial charge is 0.232 e. The molecule has 3 heterocycles. The van der Waals surface area contributed by atoms with Gasteiger partial charge in [0.25, 0.3) is 0 Å². The standard InChI is InChI=1S/C18H21ClN6O3S2/c1-11(26)21-18-23-14-6-5-13(22-17(14)29-18)12-9-15(16(19)20-10-12)24-30(27,28)8-4-7-25(2)3/h5-6,9-10,24H,4,7-8H2,1-3H3,(H,21,23,26). The average Bonchev–Trinajstić information content (AvgIpc) is 3.03. The van der Waals surface area contributed by atoms with Gasteiger partial charge in [-0.25, -0.2) is 23.4 Å². The summed E-state index contributed by atoms with van der Waals surface area (Å²) < 4.78 is 27.3. The predicted molar refractivity (Wildman–Crippen MR) is 121 cm³/mol. The van der Waals surface area contributed by atoms with E-state index in [2.05, 4.69) is 25.0 Å². The second-order valence-electron chi connectivity index (χ2n) is 6.86. The lowest BCUT2D eigenvalue weighted by molar-refractivity contribution is -0.114. The normalized spacial score (nSPS) is 11.8. The number of thiazole rings is 1. The fourth-order valence-electron chi connectivity index (χ4n) is 2.63. The molecule has 0 atom stereocenters. The molecule has 0 bridgehead atoms. The highest BCUT2D eigenvalue weighted by atomic mass is 35.5. The fourth-order valence-corrected chi connectivity index (χ4v) is 4.82. The van der Waals surface area contributed by atoms with E-state index in [0.29, 0.717) is 39.7 Å². The Bertz CT molecular complexity index is 1180. The molecule has 0 aliphatic carbocycles. The van der Waals surface area contributed by atoms with E-state index >= 15 is 0 Å². The van der Waals surface area contributed by atoms with Gasteiger partial charge in [0.1, 0.15) is 10.3 Å². The fraction of sp³-hybridized carbons (Fsp3) is 0.333. The van der Waals surface area contributed by atoms with Crippen LogP contribution in [0, 0.1) is 0 Å². The lowest BCUT2D eigenvalue weighted by Crippen LogP contribution is -2.21. The minimum Gasteiger partial charge on any atom is -0.309 e. The van der Waals surface area contributed by atoms with Crippen LogP contribution in [0.3, 0.4) is 0 Å². The van der Waals surface area contributed by atoms with Gasteiger partial charge in [-0.1, -0.05) is 22.9 Å². The van der Waals surface area contributed by atoms with Crippen molar-refractivity contribution in [3.05, 3.63) is 29.5 Å². The van der Waals surface area contributed by atoms with Gasteiger partial charge in [-0.15, -0.1) is 0 Å². The van der Waals surface area contributed by atoms with Crippen LogP contribution in [-0.2, 0) is 14.8 Å². The van der Waals surface area contributed by atoms with E-state index in [1.165, 1.54) is 24.5 Å². The lowest BCUT2D eigenvalue weighted by atomic mass is 10.2. The first kappa shape index (κ1) is 22.3. The van der Waals surface area contributed by atoms with Crippen LogP contribution in [-0.4, -0.2) is 60.6 Å². The molecule has 0 saturated carbocycles. The Labute approximate surface area is 183 Å². The van der Waals surface area contributed by atoms with Crippen molar-refractivity contribution in [3.63, 3.8) is 0 Å². The number of hydrogen-bond donors (Lipinski definition) is 2. The molecule has 9 nitrogen and oxygen atoms in total. The Morgan fingerprint density at radius 2 is 2.03 bits per heavy atom. The topological polar surface area (TPSA) is 117 Å². The zero-order valence-corrected chi connectivity index (χ0v) is 19.0. The first-order valence-corrected chi connectivity index (χ1v) is 11.8. The minimum atomic E-state index is -3.56. The molecule has 0 fully saturated rings. The van der Waals surface area contributed by atoms with Gasteiger partial charge >= 0.3 is 0 Å². The van der Waals surface area contributed by atoms with Crippen LogP contribution in [0.2, 0.25) is 5.15 Å². The van der Waals surface area contributed by atoms with Crippen molar-refractivity contribution >= 4 is 60.0 Å². The summed E-state index contributed by atoms with van der Waals surface area (Å²) in [4.78, 5) is 26.7. The Morgan fingerprint density at radius 1 is 1.27 bits per heavy atom. The molecular formula is C18H21ClN6O3S2. The number of nitrogens with one attached hydrogen (secondary N) is 2. The van der Waals surface area contributed by atoms with E-state index < -0.39 is 10.0 Å². The molecule has 2 N–H and O–H groups in total. The molecule has 3 aromatic rings. The highest BCUT2D eigenvalue weighted by molar-refractivity contribution is 7.92. The zero-order valence-electron chi connectivity index (χ0n) is 16.6. The molecule has 3 aromatic heterocycles. The Morgan fingerprint density at radius 3 is 2.73 bits per heavy atom. The van der Waals surface area contributed by atoms with Crippen LogP contribution in [0.1, 0.15) is 13.3 Å². The van der Waals surface area contributed by atoms with Crippen LogP contribution in [0.5, 0.6) is 0 Å². The second-order valence-corrected chi connectivity index (χ2v) is 10.0. The lowest BCUT2D eigenvalue weighted by Gasteiger charge is -2.12. The minimum absolute atomic E-state index is 0.0251. The first-order chi connectivity index (χ1) is 14.1. The molecule has 0 unspecified atom stereocenters. The van der Waals surface area contributed by atoms with Crippen molar-refractivity contribution in [2.75, 3.05) is 36.4 Å².